The maximum absolute atomic E-state index is 13.6. The third-order valence-electron chi connectivity index (χ3n) is 3.80. The summed E-state index contributed by atoms with van der Waals surface area (Å²) < 4.78 is 38.5. The van der Waals surface area contributed by atoms with Gasteiger partial charge in [0.2, 0.25) is 15.9 Å². The second kappa shape index (κ2) is 7.70. The van der Waals surface area contributed by atoms with Gasteiger partial charge in [-0.2, -0.15) is 0 Å². The van der Waals surface area contributed by atoms with Gasteiger partial charge in [-0.25, -0.2) is 17.5 Å². The smallest absolute Gasteiger partial charge is 0.246 e. The first-order valence-electron chi connectivity index (χ1n) is 7.54. The number of nitrogens with one attached hydrogen (secondary N) is 1. The Morgan fingerprint density at radius 1 is 1.39 bits per heavy atom. The van der Waals surface area contributed by atoms with Crippen LogP contribution in [-0.2, 0) is 14.8 Å². The maximum Gasteiger partial charge on any atom is 0.246 e. The summed E-state index contributed by atoms with van der Waals surface area (Å²) in [5, 5.41) is 0. The molecule has 0 aliphatic carbocycles. The molecule has 2 rings (SSSR count). The number of halogens is 1. The highest BCUT2D eigenvalue weighted by Gasteiger charge is 2.25. The predicted octanol–water partition coefficient (Wildman–Crippen LogP) is 1.77. The standard InChI is InChI=1S/C16H21FN2O3S/c1-23(21,22)18-12-14-7-4-5-11-19(14)16(20)10-9-13-6-2-3-8-15(13)17/h2-3,6,8-10,14,18H,4-5,7,11-12H2,1H3/b10-9+/t14-/m0/s1. The molecule has 0 spiro atoms. The Labute approximate surface area is 136 Å². The van der Waals surface area contributed by atoms with E-state index in [2.05, 4.69) is 4.72 Å². The van der Waals surface area contributed by atoms with Crippen molar-refractivity contribution in [3.05, 3.63) is 41.7 Å². The van der Waals surface area contributed by atoms with E-state index in [0.717, 1.165) is 25.5 Å². The molecule has 0 saturated carbocycles. The van der Waals surface area contributed by atoms with Gasteiger partial charge in [0.25, 0.3) is 0 Å². The van der Waals surface area contributed by atoms with Crippen LogP contribution < -0.4 is 4.72 Å². The van der Waals surface area contributed by atoms with E-state index < -0.39 is 10.0 Å². The van der Waals surface area contributed by atoms with Gasteiger partial charge in [0.05, 0.1) is 6.26 Å². The summed E-state index contributed by atoms with van der Waals surface area (Å²) in [4.78, 5) is 14.0. The van der Waals surface area contributed by atoms with Crippen LogP contribution in [0.1, 0.15) is 24.8 Å². The number of carbonyl (C=O) groups is 1. The number of hydrogen-bond acceptors (Lipinski definition) is 3. The molecule has 0 bridgehead atoms. The fourth-order valence-electron chi connectivity index (χ4n) is 2.62. The van der Waals surface area contributed by atoms with Gasteiger partial charge in [0.15, 0.2) is 0 Å². The van der Waals surface area contributed by atoms with E-state index in [4.69, 9.17) is 0 Å². The zero-order valence-electron chi connectivity index (χ0n) is 13.0. The molecule has 1 aliphatic rings. The van der Waals surface area contributed by atoms with E-state index in [9.17, 15) is 17.6 Å². The zero-order valence-corrected chi connectivity index (χ0v) is 13.9. The topological polar surface area (TPSA) is 66.5 Å². The molecule has 1 atom stereocenters. The largest absolute Gasteiger partial charge is 0.335 e. The van der Waals surface area contributed by atoms with Crippen molar-refractivity contribution in [2.24, 2.45) is 0 Å². The molecule has 5 nitrogen and oxygen atoms in total. The molecule has 1 amide bonds. The summed E-state index contributed by atoms with van der Waals surface area (Å²) in [7, 11) is -3.29. The Kier molecular flexibility index (Phi) is 5.90. The molecule has 23 heavy (non-hydrogen) atoms. The third-order valence-corrected chi connectivity index (χ3v) is 4.49. The van der Waals surface area contributed by atoms with Gasteiger partial charge < -0.3 is 4.90 Å². The second-order valence-corrected chi connectivity index (χ2v) is 7.49. The third kappa shape index (κ3) is 5.44. The summed E-state index contributed by atoms with van der Waals surface area (Å²) in [5.74, 6) is -0.612. The minimum Gasteiger partial charge on any atom is -0.335 e. The van der Waals surface area contributed by atoms with Crippen LogP contribution in [0.25, 0.3) is 6.08 Å². The summed E-state index contributed by atoms with van der Waals surface area (Å²) in [6.45, 7) is 0.786. The average Bonchev–Trinajstić information content (AvgIpc) is 2.51. The number of rotatable bonds is 5. The van der Waals surface area contributed by atoms with Crippen LogP contribution in [0.3, 0.4) is 0 Å². The number of amides is 1. The maximum atomic E-state index is 13.6. The summed E-state index contributed by atoms with van der Waals surface area (Å²) >= 11 is 0. The van der Waals surface area contributed by atoms with Crippen molar-refractivity contribution in [2.45, 2.75) is 25.3 Å². The molecular weight excluding hydrogens is 319 g/mol. The van der Waals surface area contributed by atoms with Gasteiger partial charge >= 0.3 is 0 Å². The van der Waals surface area contributed by atoms with Crippen LogP contribution in [0, 0.1) is 5.82 Å². The molecule has 1 aromatic rings. The molecule has 0 aromatic heterocycles. The lowest BCUT2D eigenvalue weighted by Crippen LogP contribution is -2.48. The van der Waals surface area contributed by atoms with Crippen molar-refractivity contribution >= 4 is 22.0 Å². The Morgan fingerprint density at radius 3 is 2.83 bits per heavy atom. The van der Waals surface area contributed by atoms with Gasteiger partial charge in [-0.3, -0.25) is 4.79 Å². The summed E-state index contributed by atoms with van der Waals surface area (Å²) in [6.07, 6.45) is 6.48. The summed E-state index contributed by atoms with van der Waals surface area (Å²) in [6, 6.07) is 6.05. The molecule has 7 heteroatoms. The van der Waals surface area contributed by atoms with Crippen LogP contribution in [-0.4, -0.2) is 44.6 Å². The van der Waals surface area contributed by atoms with E-state index in [1.165, 1.54) is 18.2 Å². The first kappa shape index (κ1) is 17.6. The highest BCUT2D eigenvalue weighted by molar-refractivity contribution is 7.88. The minimum atomic E-state index is -3.29. The SMILES string of the molecule is CS(=O)(=O)NC[C@@H]1CCCCN1C(=O)/C=C/c1ccccc1F. The first-order valence-corrected chi connectivity index (χ1v) is 9.44. The number of likely N-dealkylation sites (tertiary alicyclic amines) is 1. The van der Waals surface area contributed by atoms with Crippen LogP contribution in [0.5, 0.6) is 0 Å². The number of piperidine rings is 1. The Hall–Kier alpha value is -1.73. The molecule has 1 aliphatic heterocycles. The zero-order chi connectivity index (χ0) is 16.9. The van der Waals surface area contributed by atoms with Crippen molar-refractivity contribution in [1.29, 1.82) is 0 Å². The van der Waals surface area contributed by atoms with Gasteiger partial charge in [-0.05, 0) is 31.4 Å². The number of hydrogen-bond donors (Lipinski definition) is 1. The fourth-order valence-corrected chi connectivity index (χ4v) is 3.11. The highest BCUT2D eigenvalue weighted by atomic mass is 32.2. The molecule has 0 radical (unpaired) electrons. The van der Waals surface area contributed by atoms with Crippen molar-refractivity contribution in [3.63, 3.8) is 0 Å². The van der Waals surface area contributed by atoms with Crippen molar-refractivity contribution < 1.29 is 17.6 Å². The van der Waals surface area contributed by atoms with Gasteiger partial charge in [0.1, 0.15) is 5.82 Å². The first-order chi connectivity index (χ1) is 10.9. The van der Waals surface area contributed by atoms with E-state index in [0.29, 0.717) is 12.1 Å². The van der Waals surface area contributed by atoms with E-state index >= 15 is 0 Å². The fraction of sp³-hybridized carbons (Fsp3) is 0.438. The van der Waals surface area contributed by atoms with E-state index in [1.54, 1.807) is 23.1 Å². The lowest BCUT2D eigenvalue weighted by atomic mass is 10.0. The molecule has 126 valence electrons. The van der Waals surface area contributed by atoms with Crippen molar-refractivity contribution in [2.75, 3.05) is 19.3 Å². The quantitative estimate of drug-likeness (QED) is 0.831. The van der Waals surface area contributed by atoms with E-state index in [1.807, 2.05) is 0 Å². The second-order valence-electron chi connectivity index (χ2n) is 5.66. The molecule has 1 N–H and O–H groups in total. The van der Waals surface area contributed by atoms with Crippen LogP contribution in [0.2, 0.25) is 0 Å². The highest BCUT2D eigenvalue weighted by Crippen LogP contribution is 2.18. The normalized spacial score (nSPS) is 19.2. The van der Waals surface area contributed by atoms with Crippen LogP contribution in [0.15, 0.2) is 30.3 Å². The molecule has 1 fully saturated rings. The number of nitrogens with zero attached hydrogens (tertiary/aromatic N) is 1. The monoisotopic (exact) mass is 340 g/mol. The van der Waals surface area contributed by atoms with Gasteiger partial charge in [-0.1, -0.05) is 18.2 Å². The lowest BCUT2D eigenvalue weighted by molar-refractivity contribution is -0.129. The van der Waals surface area contributed by atoms with Crippen molar-refractivity contribution in [3.8, 4) is 0 Å². The molecule has 1 aromatic carbocycles. The van der Waals surface area contributed by atoms with Gasteiger partial charge in [-0.15, -0.1) is 0 Å². The average molecular weight is 340 g/mol. The summed E-state index contributed by atoms with van der Waals surface area (Å²) in [5.41, 5.74) is 0.351. The molecular formula is C16H21FN2O3S. The predicted molar refractivity (Wildman–Crippen MR) is 87.6 cm³/mol. The molecule has 1 saturated heterocycles. The minimum absolute atomic E-state index is 0.170. The molecule has 1 heterocycles. The van der Waals surface area contributed by atoms with Crippen molar-refractivity contribution in [1.82, 2.24) is 9.62 Å². The number of benzene rings is 1. The van der Waals surface area contributed by atoms with Gasteiger partial charge in [0, 0.05) is 30.8 Å². The molecule has 0 unspecified atom stereocenters. The Bertz CT molecular complexity index is 688. The lowest BCUT2D eigenvalue weighted by Gasteiger charge is -2.35. The number of sulfonamides is 1. The van der Waals surface area contributed by atoms with E-state index in [-0.39, 0.29) is 24.3 Å². The number of carbonyl (C=O) groups excluding carboxylic acids is 1. The van der Waals surface area contributed by atoms with Crippen LogP contribution in [0.4, 0.5) is 4.39 Å². The Morgan fingerprint density at radius 2 is 2.13 bits per heavy atom. The Balaban J connectivity index is 2.04. The van der Waals surface area contributed by atoms with Crippen LogP contribution >= 0.6 is 0 Å².